The fourth-order valence-corrected chi connectivity index (χ4v) is 3.07. The van der Waals surface area contributed by atoms with E-state index in [9.17, 15) is 9.59 Å². The van der Waals surface area contributed by atoms with Crippen LogP contribution in [-0.4, -0.2) is 36.9 Å². The number of nitrogens with zero attached hydrogens (tertiary/aromatic N) is 5. The van der Waals surface area contributed by atoms with Crippen molar-refractivity contribution in [3.63, 3.8) is 0 Å². The molecule has 0 aliphatic carbocycles. The minimum atomic E-state index is -0.313. The van der Waals surface area contributed by atoms with Crippen LogP contribution in [0.5, 0.6) is 0 Å². The molecule has 2 amide bonds. The van der Waals surface area contributed by atoms with Crippen LogP contribution in [-0.2, 0) is 6.54 Å². The highest BCUT2D eigenvalue weighted by Gasteiger charge is 2.35. The number of aromatic nitrogens is 4. The normalized spacial score (nSPS) is 13.2. The highest BCUT2D eigenvalue weighted by atomic mass is 32.1. The van der Waals surface area contributed by atoms with Crippen molar-refractivity contribution in [2.75, 3.05) is 5.32 Å². The van der Waals surface area contributed by atoms with Gasteiger partial charge in [-0.25, -0.2) is 9.97 Å². The van der Waals surface area contributed by atoms with E-state index in [-0.39, 0.29) is 18.4 Å². The highest BCUT2D eigenvalue weighted by molar-refractivity contribution is 7.15. The predicted octanol–water partition coefficient (Wildman–Crippen LogP) is 1.87. The average molecular weight is 338 g/mol. The molecule has 8 nitrogen and oxygen atoms in total. The predicted molar refractivity (Wildman–Crippen MR) is 85.9 cm³/mol. The number of hydrogen-bond acceptors (Lipinski definition) is 8. The van der Waals surface area contributed by atoms with E-state index >= 15 is 0 Å². The minimum absolute atomic E-state index is 0.0847. The van der Waals surface area contributed by atoms with Crippen LogP contribution in [0.25, 0.3) is 0 Å². The lowest BCUT2D eigenvalue weighted by molar-refractivity contribution is 0.0642. The Labute approximate surface area is 140 Å². The summed E-state index contributed by atoms with van der Waals surface area (Å²) in [4.78, 5) is 33.9. The molecule has 4 rings (SSSR count). The second-order valence-corrected chi connectivity index (χ2v) is 6.00. The largest absolute Gasteiger partial charge is 0.299 e. The zero-order valence-corrected chi connectivity index (χ0v) is 13.0. The maximum absolute atomic E-state index is 12.3. The van der Waals surface area contributed by atoms with E-state index in [1.54, 1.807) is 42.7 Å². The molecule has 0 saturated carbocycles. The third-order valence-electron chi connectivity index (χ3n) is 3.42. The number of hydrogen-bond donors (Lipinski definition) is 1. The van der Waals surface area contributed by atoms with Gasteiger partial charge < -0.3 is 0 Å². The lowest BCUT2D eigenvalue weighted by Crippen LogP contribution is -2.29. The van der Waals surface area contributed by atoms with Gasteiger partial charge in [0.05, 0.1) is 17.7 Å². The topological polar surface area (TPSA) is 101 Å². The molecule has 0 fully saturated rings. The Morgan fingerprint density at radius 2 is 1.62 bits per heavy atom. The van der Waals surface area contributed by atoms with Crippen LogP contribution in [0.3, 0.4) is 0 Å². The monoisotopic (exact) mass is 338 g/mol. The van der Waals surface area contributed by atoms with Crippen LogP contribution in [0.1, 0.15) is 25.7 Å². The number of carbonyl (C=O) groups is 2. The Bertz CT molecular complexity index is 891. The standard InChI is InChI=1S/C15H10N6O2S/c22-12-9-4-1-2-5-10(9)13(23)21(12)8-11-19-20-15(24-11)18-14-16-6-3-7-17-14/h1-7H,8H2,(H,16,17,18,20). The summed E-state index contributed by atoms with van der Waals surface area (Å²) in [6, 6.07) is 8.48. The van der Waals surface area contributed by atoms with Crippen LogP contribution >= 0.6 is 11.3 Å². The molecule has 1 aliphatic rings. The molecule has 9 heteroatoms. The SMILES string of the molecule is O=C1c2ccccc2C(=O)N1Cc1nnc(Nc2ncccn2)s1. The highest BCUT2D eigenvalue weighted by Crippen LogP contribution is 2.26. The number of amides is 2. The van der Waals surface area contributed by atoms with E-state index in [2.05, 4.69) is 25.5 Å². The molecule has 1 N–H and O–H groups in total. The lowest BCUT2D eigenvalue weighted by atomic mass is 10.1. The Balaban J connectivity index is 1.51. The molecule has 24 heavy (non-hydrogen) atoms. The summed E-state index contributed by atoms with van der Waals surface area (Å²) in [5.41, 5.74) is 0.839. The van der Waals surface area contributed by atoms with E-state index in [4.69, 9.17) is 0 Å². The van der Waals surface area contributed by atoms with E-state index < -0.39 is 0 Å². The summed E-state index contributed by atoms with van der Waals surface area (Å²) in [5, 5.41) is 12.0. The van der Waals surface area contributed by atoms with E-state index in [1.807, 2.05) is 0 Å². The number of benzene rings is 1. The van der Waals surface area contributed by atoms with Crippen LogP contribution in [0.2, 0.25) is 0 Å². The molecule has 0 atom stereocenters. The zero-order chi connectivity index (χ0) is 16.5. The first-order chi connectivity index (χ1) is 11.7. The summed E-state index contributed by atoms with van der Waals surface area (Å²) in [7, 11) is 0. The fourth-order valence-electron chi connectivity index (χ4n) is 2.35. The van der Waals surface area contributed by atoms with Crippen molar-refractivity contribution < 1.29 is 9.59 Å². The summed E-state index contributed by atoms with van der Waals surface area (Å²) in [6.07, 6.45) is 3.21. The summed E-state index contributed by atoms with van der Waals surface area (Å²) in [5.74, 6) is -0.223. The quantitative estimate of drug-likeness (QED) is 0.725. The van der Waals surface area contributed by atoms with Crippen LogP contribution in [0.15, 0.2) is 42.7 Å². The molecule has 2 aromatic heterocycles. The molecule has 3 aromatic rings. The zero-order valence-electron chi connectivity index (χ0n) is 12.2. The first-order valence-corrected chi connectivity index (χ1v) is 7.85. The molecule has 1 aromatic carbocycles. The van der Waals surface area contributed by atoms with E-state index in [0.717, 1.165) is 0 Å². The summed E-state index contributed by atoms with van der Waals surface area (Å²) in [6.45, 7) is 0.0847. The average Bonchev–Trinajstić information content (AvgIpc) is 3.15. The van der Waals surface area contributed by atoms with Crippen molar-refractivity contribution >= 4 is 34.2 Å². The van der Waals surface area contributed by atoms with E-state index in [1.165, 1.54) is 16.2 Å². The van der Waals surface area contributed by atoms with Crippen molar-refractivity contribution in [3.8, 4) is 0 Å². The first-order valence-electron chi connectivity index (χ1n) is 7.04. The lowest BCUT2D eigenvalue weighted by Gasteiger charge is -2.10. The Morgan fingerprint density at radius 3 is 2.29 bits per heavy atom. The first kappa shape index (κ1) is 14.4. The smallest absolute Gasteiger partial charge is 0.261 e. The molecule has 0 saturated heterocycles. The van der Waals surface area contributed by atoms with Gasteiger partial charge in [0, 0.05) is 12.4 Å². The van der Waals surface area contributed by atoms with Gasteiger partial charge in [-0.05, 0) is 18.2 Å². The van der Waals surface area contributed by atoms with Crippen molar-refractivity contribution in [2.45, 2.75) is 6.54 Å². The van der Waals surface area contributed by atoms with Crippen LogP contribution in [0.4, 0.5) is 11.1 Å². The number of anilines is 2. The Morgan fingerprint density at radius 1 is 0.958 bits per heavy atom. The molecule has 0 bridgehead atoms. The van der Waals surface area contributed by atoms with Crippen molar-refractivity contribution in [1.82, 2.24) is 25.1 Å². The van der Waals surface area contributed by atoms with Gasteiger partial charge >= 0.3 is 0 Å². The van der Waals surface area contributed by atoms with Crippen molar-refractivity contribution in [2.24, 2.45) is 0 Å². The summed E-state index contributed by atoms with van der Waals surface area (Å²) < 4.78 is 0. The Kier molecular flexibility index (Phi) is 3.47. The van der Waals surface area contributed by atoms with Gasteiger partial charge in [0.1, 0.15) is 5.01 Å². The number of carbonyl (C=O) groups excluding carboxylic acids is 2. The van der Waals surface area contributed by atoms with Gasteiger partial charge in [0.25, 0.3) is 11.8 Å². The van der Waals surface area contributed by atoms with Gasteiger partial charge in [-0.3, -0.25) is 19.8 Å². The molecular weight excluding hydrogens is 328 g/mol. The number of imide groups is 1. The van der Waals surface area contributed by atoms with Gasteiger partial charge in [-0.15, -0.1) is 10.2 Å². The third-order valence-corrected chi connectivity index (χ3v) is 4.25. The molecule has 1 aliphatic heterocycles. The maximum Gasteiger partial charge on any atom is 0.261 e. The van der Waals surface area contributed by atoms with Gasteiger partial charge in [-0.1, -0.05) is 23.5 Å². The second-order valence-electron chi connectivity index (χ2n) is 4.94. The van der Waals surface area contributed by atoms with Gasteiger partial charge in [0.2, 0.25) is 11.1 Å². The second kappa shape index (κ2) is 5.78. The van der Waals surface area contributed by atoms with Crippen LogP contribution < -0.4 is 5.32 Å². The Hall–Kier alpha value is -3.20. The van der Waals surface area contributed by atoms with Gasteiger partial charge in [-0.2, -0.15) is 0 Å². The molecule has 0 spiro atoms. The molecule has 0 radical (unpaired) electrons. The van der Waals surface area contributed by atoms with E-state index in [0.29, 0.717) is 27.2 Å². The minimum Gasteiger partial charge on any atom is -0.299 e. The van der Waals surface area contributed by atoms with Crippen molar-refractivity contribution in [3.05, 3.63) is 58.9 Å². The van der Waals surface area contributed by atoms with Crippen LogP contribution in [0, 0.1) is 0 Å². The van der Waals surface area contributed by atoms with Crippen molar-refractivity contribution in [1.29, 1.82) is 0 Å². The molecule has 3 heterocycles. The molecule has 118 valence electrons. The third kappa shape index (κ3) is 2.50. The summed E-state index contributed by atoms with van der Waals surface area (Å²) >= 11 is 1.24. The molecule has 0 unspecified atom stereocenters. The number of fused-ring (bicyclic) bond motifs is 1. The fraction of sp³-hybridized carbons (Fsp3) is 0.0667. The molecular formula is C15H10N6O2S. The van der Waals surface area contributed by atoms with Gasteiger partial charge in [0.15, 0.2) is 0 Å². The number of nitrogens with one attached hydrogen (secondary N) is 1. The maximum atomic E-state index is 12.3. The number of rotatable bonds is 4.